The predicted molar refractivity (Wildman–Crippen MR) is 107 cm³/mol. The first-order chi connectivity index (χ1) is 15.0. The lowest BCUT2D eigenvalue weighted by molar-refractivity contribution is -0.201. The molecule has 8 nitrogen and oxygen atoms in total. The van der Waals surface area contributed by atoms with Gasteiger partial charge >= 0.3 is 18.1 Å². The molecule has 0 spiro atoms. The van der Waals surface area contributed by atoms with Crippen LogP contribution in [0.15, 0.2) is 18.2 Å². The predicted octanol–water partition coefficient (Wildman–Crippen LogP) is 1.61. The number of hydrogen-bond acceptors (Lipinski definition) is 6. The molecule has 172 valence electrons. The Bertz CT molecular complexity index is 966. The summed E-state index contributed by atoms with van der Waals surface area (Å²) in [6, 6.07) is 4.76. The first kappa shape index (κ1) is 24.9. The van der Waals surface area contributed by atoms with Gasteiger partial charge in [0.05, 0.1) is 17.7 Å². The quantitative estimate of drug-likeness (QED) is 0.303. The largest absolute Gasteiger partial charge is 0.491 e. The average Bonchev–Trinajstić information content (AvgIpc) is 2.82. The van der Waals surface area contributed by atoms with E-state index >= 15 is 0 Å². The van der Waals surface area contributed by atoms with Crippen LogP contribution in [-0.4, -0.2) is 61.5 Å². The third-order valence-electron chi connectivity index (χ3n) is 4.59. The Labute approximate surface area is 182 Å². The number of hydrogen-bond donors (Lipinski definition) is 1. The molecule has 2 amide bonds. The van der Waals surface area contributed by atoms with Crippen LogP contribution in [0, 0.1) is 11.8 Å². The fourth-order valence-corrected chi connectivity index (χ4v) is 2.86. The molecule has 0 aromatic heterocycles. The fourth-order valence-electron chi connectivity index (χ4n) is 2.86. The SMILES string of the molecule is CN1C(=O)CN(CCC(=O)OC(=O)C(F)(F)F)C(=O)c2cc(C#CCCCCN)ccc21. The van der Waals surface area contributed by atoms with Crippen LogP contribution in [-0.2, 0) is 19.1 Å². The van der Waals surface area contributed by atoms with Gasteiger partial charge in [0, 0.05) is 25.6 Å². The Hall–Kier alpha value is -3.39. The number of likely N-dealkylation sites (N-methyl/N-ethyl adjacent to an activating group) is 1. The number of nitrogens with two attached hydrogens (primary N) is 1. The lowest BCUT2D eigenvalue weighted by Gasteiger charge is -2.19. The zero-order valence-corrected chi connectivity index (χ0v) is 17.3. The van der Waals surface area contributed by atoms with Crippen LogP contribution in [0.2, 0.25) is 0 Å². The van der Waals surface area contributed by atoms with Crippen molar-refractivity contribution in [2.24, 2.45) is 5.73 Å². The van der Waals surface area contributed by atoms with Crippen LogP contribution >= 0.6 is 0 Å². The van der Waals surface area contributed by atoms with Crippen LogP contribution in [0.3, 0.4) is 0 Å². The van der Waals surface area contributed by atoms with Crippen molar-refractivity contribution in [3.8, 4) is 11.8 Å². The van der Waals surface area contributed by atoms with Crippen molar-refractivity contribution < 1.29 is 37.1 Å². The van der Waals surface area contributed by atoms with E-state index in [0.717, 1.165) is 17.7 Å². The molecule has 2 N–H and O–H groups in total. The van der Waals surface area contributed by atoms with Crippen LogP contribution in [0.4, 0.5) is 18.9 Å². The summed E-state index contributed by atoms with van der Waals surface area (Å²) in [6.07, 6.45) is -3.69. The summed E-state index contributed by atoms with van der Waals surface area (Å²) in [4.78, 5) is 50.0. The molecule has 1 aliphatic rings. The van der Waals surface area contributed by atoms with E-state index in [4.69, 9.17) is 5.73 Å². The molecule has 1 heterocycles. The molecule has 0 fully saturated rings. The second kappa shape index (κ2) is 10.8. The van der Waals surface area contributed by atoms with E-state index in [9.17, 15) is 32.3 Å². The molecule has 0 atom stereocenters. The van der Waals surface area contributed by atoms with Crippen molar-refractivity contribution in [2.75, 3.05) is 31.6 Å². The molecule has 1 aromatic rings. The van der Waals surface area contributed by atoms with Crippen molar-refractivity contribution in [1.29, 1.82) is 0 Å². The minimum Gasteiger partial charge on any atom is -0.386 e. The highest BCUT2D eigenvalue weighted by molar-refractivity contribution is 6.09. The van der Waals surface area contributed by atoms with Gasteiger partial charge in [-0.25, -0.2) is 4.79 Å². The Morgan fingerprint density at radius 1 is 1.22 bits per heavy atom. The molecule has 1 aliphatic heterocycles. The van der Waals surface area contributed by atoms with Crippen molar-refractivity contribution in [3.05, 3.63) is 29.3 Å². The number of carbonyl (C=O) groups excluding carboxylic acids is 4. The van der Waals surface area contributed by atoms with Gasteiger partial charge in [-0.1, -0.05) is 11.8 Å². The standard InChI is InChI=1S/C21H22F3N3O5/c1-26-16-8-7-14(6-4-2-3-5-10-25)12-15(16)19(30)27(13-17(26)28)11-9-18(29)32-20(31)21(22,23)24/h7-8,12H,2-3,5,9-11,13,25H2,1H3. The Morgan fingerprint density at radius 2 is 1.94 bits per heavy atom. The first-order valence-corrected chi connectivity index (χ1v) is 9.75. The van der Waals surface area contributed by atoms with Gasteiger partial charge in [-0.15, -0.1) is 0 Å². The lowest BCUT2D eigenvalue weighted by atomic mass is 10.1. The number of alkyl halides is 3. The molecule has 11 heteroatoms. The van der Waals surface area contributed by atoms with E-state index in [1.807, 2.05) is 0 Å². The number of anilines is 1. The highest BCUT2D eigenvalue weighted by Gasteiger charge is 2.42. The maximum absolute atomic E-state index is 13.0. The summed E-state index contributed by atoms with van der Waals surface area (Å²) >= 11 is 0. The van der Waals surface area contributed by atoms with Crippen molar-refractivity contribution >= 4 is 29.4 Å². The number of esters is 2. The number of ether oxygens (including phenoxy) is 1. The summed E-state index contributed by atoms with van der Waals surface area (Å²) in [7, 11) is 1.48. The number of carbonyl (C=O) groups is 4. The number of amides is 2. The Morgan fingerprint density at radius 3 is 2.59 bits per heavy atom. The molecule has 0 saturated heterocycles. The lowest BCUT2D eigenvalue weighted by Crippen LogP contribution is -2.39. The Kier molecular flexibility index (Phi) is 8.37. The van der Waals surface area contributed by atoms with Gasteiger partial charge in [0.2, 0.25) is 5.91 Å². The van der Waals surface area contributed by atoms with Crippen molar-refractivity contribution in [2.45, 2.75) is 31.9 Å². The van der Waals surface area contributed by atoms with Gasteiger partial charge in [-0.2, -0.15) is 13.2 Å². The third-order valence-corrected chi connectivity index (χ3v) is 4.59. The zero-order valence-electron chi connectivity index (χ0n) is 17.3. The molecule has 32 heavy (non-hydrogen) atoms. The summed E-state index contributed by atoms with van der Waals surface area (Å²) in [5, 5.41) is 0. The summed E-state index contributed by atoms with van der Waals surface area (Å²) in [5.74, 6) is 0.765. The van der Waals surface area contributed by atoms with Gasteiger partial charge in [0.25, 0.3) is 5.91 Å². The van der Waals surface area contributed by atoms with E-state index in [1.165, 1.54) is 18.0 Å². The number of unbranched alkanes of at least 4 members (excludes halogenated alkanes) is 2. The normalized spacial score (nSPS) is 13.8. The third kappa shape index (κ3) is 6.55. The summed E-state index contributed by atoms with van der Waals surface area (Å²) in [6.45, 7) is -0.232. The molecular weight excluding hydrogens is 431 g/mol. The molecular formula is C21H22F3N3O5. The minimum atomic E-state index is -5.31. The molecule has 1 aromatic carbocycles. The van der Waals surface area contributed by atoms with Gasteiger partial charge in [-0.05, 0) is 37.6 Å². The molecule has 0 saturated carbocycles. The monoisotopic (exact) mass is 453 g/mol. The molecule has 2 rings (SSSR count). The molecule has 0 aliphatic carbocycles. The van der Waals surface area contributed by atoms with E-state index in [0.29, 0.717) is 24.2 Å². The number of nitrogens with zero attached hydrogens (tertiary/aromatic N) is 2. The minimum absolute atomic E-state index is 0.159. The van der Waals surface area contributed by atoms with Crippen LogP contribution in [0.1, 0.15) is 41.6 Å². The molecule has 0 unspecified atom stereocenters. The maximum Gasteiger partial charge on any atom is 0.491 e. The average molecular weight is 453 g/mol. The highest BCUT2D eigenvalue weighted by Crippen LogP contribution is 2.26. The maximum atomic E-state index is 13.0. The van der Waals surface area contributed by atoms with E-state index in [1.54, 1.807) is 12.1 Å². The molecule has 0 radical (unpaired) electrons. The van der Waals surface area contributed by atoms with Crippen LogP contribution < -0.4 is 10.6 Å². The number of rotatable bonds is 6. The van der Waals surface area contributed by atoms with E-state index in [2.05, 4.69) is 16.6 Å². The van der Waals surface area contributed by atoms with Crippen LogP contribution in [0.25, 0.3) is 0 Å². The number of halogens is 3. The van der Waals surface area contributed by atoms with Crippen molar-refractivity contribution in [3.63, 3.8) is 0 Å². The summed E-state index contributed by atoms with van der Waals surface area (Å²) in [5.41, 5.74) is 6.48. The van der Waals surface area contributed by atoms with Crippen LogP contribution in [0.5, 0.6) is 0 Å². The smallest absolute Gasteiger partial charge is 0.386 e. The second-order valence-corrected chi connectivity index (χ2v) is 6.97. The van der Waals surface area contributed by atoms with E-state index < -0.39 is 49.4 Å². The second-order valence-electron chi connectivity index (χ2n) is 6.97. The fraction of sp³-hybridized carbons (Fsp3) is 0.429. The van der Waals surface area contributed by atoms with Gasteiger partial charge in [0.15, 0.2) is 0 Å². The summed E-state index contributed by atoms with van der Waals surface area (Å²) < 4.78 is 40.3. The first-order valence-electron chi connectivity index (χ1n) is 9.75. The van der Waals surface area contributed by atoms with Crippen molar-refractivity contribution in [1.82, 2.24) is 4.90 Å². The van der Waals surface area contributed by atoms with E-state index in [-0.39, 0.29) is 5.56 Å². The highest BCUT2D eigenvalue weighted by atomic mass is 19.4. The van der Waals surface area contributed by atoms with Gasteiger partial charge in [-0.3, -0.25) is 14.4 Å². The molecule has 0 bridgehead atoms. The topological polar surface area (TPSA) is 110 Å². The number of benzene rings is 1. The Balaban J connectivity index is 2.16. The van der Waals surface area contributed by atoms with Gasteiger partial charge < -0.3 is 20.3 Å². The number of fused-ring (bicyclic) bond motifs is 1. The van der Waals surface area contributed by atoms with Gasteiger partial charge in [0.1, 0.15) is 6.54 Å². The zero-order chi connectivity index (χ0) is 23.9.